The second kappa shape index (κ2) is 8.72. The van der Waals surface area contributed by atoms with Gasteiger partial charge in [-0.15, -0.1) is 23.5 Å². The zero-order chi connectivity index (χ0) is 14.0. The van der Waals surface area contributed by atoms with E-state index in [-0.39, 0.29) is 5.97 Å². The maximum Gasteiger partial charge on any atom is 0.316 e. The van der Waals surface area contributed by atoms with Crippen molar-refractivity contribution in [3.05, 3.63) is 60.7 Å². The Morgan fingerprint density at radius 1 is 0.850 bits per heavy atom. The van der Waals surface area contributed by atoms with Crippen molar-refractivity contribution >= 4 is 29.5 Å². The van der Waals surface area contributed by atoms with Crippen molar-refractivity contribution in [1.82, 2.24) is 0 Å². The maximum absolute atomic E-state index is 11.6. The number of ether oxygens (including phenoxy) is 1. The molecule has 20 heavy (non-hydrogen) atoms. The molecule has 2 nitrogen and oxygen atoms in total. The lowest BCUT2D eigenvalue weighted by atomic mass is 10.4. The van der Waals surface area contributed by atoms with Gasteiger partial charge in [0.2, 0.25) is 0 Å². The van der Waals surface area contributed by atoms with Gasteiger partial charge in [0.1, 0.15) is 6.61 Å². The van der Waals surface area contributed by atoms with E-state index in [9.17, 15) is 4.79 Å². The zero-order valence-corrected chi connectivity index (χ0v) is 12.7. The van der Waals surface area contributed by atoms with E-state index in [1.807, 2.05) is 48.5 Å². The summed E-state index contributed by atoms with van der Waals surface area (Å²) in [5.74, 6) is 0.985. The van der Waals surface area contributed by atoms with Crippen LogP contribution in [0.2, 0.25) is 0 Å². The van der Waals surface area contributed by atoms with Crippen molar-refractivity contribution in [3.63, 3.8) is 0 Å². The van der Waals surface area contributed by atoms with Crippen molar-refractivity contribution in [3.8, 4) is 0 Å². The Balaban J connectivity index is 1.59. The lowest BCUT2D eigenvalue weighted by Gasteiger charge is -2.05. The molecular weight excluding hydrogens is 288 g/mol. The van der Waals surface area contributed by atoms with Crippen LogP contribution in [0.5, 0.6) is 0 Å². The molecule has 0 atom stereocenters. The van der Waals surface area contributed by atoms with E-state index < -0.39 is 0 Å². The predicted octanol–water partition coefficient (Wildman–Crippen LogP) is 4.11. The van der Waals surface area contributed by atoms with Crippen LogP contribution >= 0.6 is 23.5 Å². The van der Waals surface area contributed by atoms with Crippen molar-refractivity contribution < 1.29 is 9.53 Å². The minimum atomic E-state index is -0.160. The third-order valence-corrected chi connectivity index (χ3v) is 4.42. The number of thioether (sulfide) groups is 2. The van der Waals surface area contributed by atoms with E-state index in [4.69, 9.17) is 4.74 Å². The highest BCUT2D eigenvalue weighted by molar-refractivity contribution is 8.00. The maximum atomic E-state index is 11.6. The minimum absolute atomic E-state index is 0.160. The van der Waals surface area contributed by atoms with Crippen molar-refractivity contribution in [2.24, 2.45) is 0 Å². The molecule has 0 heterocycles. The average molecular weight is 304 g/mol. The van der Waals surface area contributed by atoms with Gasteiger partial charge in [0.15, 0.2) is 0 Å². The molecule has 0 fully saturated rings. The summed E-state index contributed by atoms with van der Waals surface area (Å²) in [6.07, 6.45) is 0. The summed E-state index contributed by atoms with van der Waals surface area (Å²) in [4.78, 5) is 13.9. The van der Waals surface area contributed by atoms with Gasteiger partial charge < -0.3 is 4.74 Å². The fourth-order valence-corrected chi connectivity index (χ4v) is 3.00. The number of esters is 1. The molecule has 2 aromatic carbocycles. The van der Waals surface area contributed by atoms with Crippen LogP contribution in [-0.2, 0) is 9.53 Å². The molecule has 104 valence electrons. The first kappa shape index (κ1) is 15.0. The molecule has 0 saturated carbocycles. The topological polar surface area (TPSA) is 26.3 Å². The van der Waals surface area contributed by atoms with E-state index in [1.165, 1.54) is 16.7 Å². The Labute approximate surface area is 127 Å². The molecule has 0 radical (unpaired) electrons. The van der Waals surface area contributed by atoms with Crippen LogP contribution in [0.25, 0.3) is 0 Å². The predicted molar refractivity (Wildman–Crippen MR) is 85.3 cm³/mol. The summed E-state index contributed by atoms with van der Waals surface area (Å²) in [6, 6.07) is 20.0. The summed E-state index contributed by atoms with van der Waals surface area (Å²) >= 11 is 3.19. The van der Waals surface area contributed by atoms with Gasteiger partial charge in [0.05, 0.1) is 5.75 Å². The molecular formula is C16H16O2S2. The Morgan fingerprint density at radius 2 is 1.40 bits per heavy atom. The van der Waals surface area contributed by atoms with Crippen LogP contribution in [0.1, 0.15) is 0 Å². The Hall–Kier alpha value is -1.39. The standard InChI is InChI=1S/C16H16O2S2/c17-16(13-20-15-9-5-2-6-10-15)18-11-12-19-14-7-3-1-4-8-14/h1-10H,11-13H2. The summed E-state index contributed by atoms with van der Waals surface area (Å²) in [5.41, 5.74) is 0. The Bertz CT molecular complexity index is 515. The molecule has 0 bridgehead atoms. The Kier molecular flexibility index (Phi) is 6.54. The molecule has 0 aliphatic carbocycles. The molecule has 4 heteroatoms. The molecule has 0 unspecified atom stereocenters. The van der Waals surface area contributed by atoms with Crippen LogP contribution in [-0.4, -0.2) is 24.1 Å². The van der Waals surface area contributed by atoms with Gasteiger partial charge in [0.25, 0.3) is 0 Å². The van der Waals surface area contributed by atoms with E-state index in [2.05, 4.69) is 12.1 Å². The summed E-state index contributed by atoms with van der Waals surface area (Å²) in [7, 11) is 0. The normalized spacial score (nSPS) is 10.2. The third kappa shape index (κ3) is 5.72. The van der Waals surface area contributed by atoms with Gasteiger partial charge in [0, 0.05) is 15.5 Å². The molecule has 0 spiro atoms. The molecule has 2 rings (SSSR count). The average Bonchev–Trinajstić information content (AvgIpc) is 2.52. The molecule has 0 saturated heterocycles. The van der Waals surface area contributed by atoms with E-state index in [0.717, 1.165) is 10.6 Å². The molecule has 0 aliphatic heterocycles. The number of carbonyl (C=O) groups excluding carboxylic acids is 1. The van der Waals surface area contributed by atoms with Crippen LogP contribution in [0.4, 0.5) is 0 Å². The fraction of sp³-hybridized carbons (Fsp3) is 0.188. The summed E-state index contributed by atoms with van der Waals surface area (Å²) in [5, 5.41) is 0. The SMILES string of the molecule is O=C(CSc1ccccc1)OCCSc1ccccc1. The second-order valence-corrected chi connectivity index (χ2v) is 6.20. The fourth-order valence-electron chi connectivity index (χ4n) is 1.53. The highest BCUT2D eigenvalue weighted by Crippen LogP contribution is 2.18. The summed E-state index contributed by atoms with van der Waals surface area (Å²) in [6.45, 7) is 0.452. The molecule has 0 aromatic heterocycles. The van der Waals surface area contributed by atoms with Gasteiger partial charge in [-0.2, -0.15) is 0 Å². The van der Waals surface area contributed by atoms with Crippen LogP contribution in [0, 0.1) is 0 Å². The highest BCUT2D eigenvalue weighted by atomic mass is 32.2. The molecule has 0 N–H and O–H groups in total. The number of hydrogen-bond donors (Lipinski definition) is 0. The first-order valence-corrected chi connectivity index (χ1v) is 8.33. The van der Waals surface area contributed by atoms with E-state index in [0.29, 0.717) is 12.4 Å². The van der Waals surface area contributed by atoms with Crippen molar-refractivity contribution in [2.75, 3.05) is 18.1 Å². The smallest absolute Gasteiger partial charge is 0.316 e. The van der Waals surface area contributed by atoms with Gasteiger partial charge in [-0.1, -0.05) is 36.4 Å². The monoisotopic (exact) mass is 304 g/mol. The van der Waals surface area contributed by atoms with Gasteiger partial charge in [-0.25, -0.2) is 0 Å². The zero-order valence-electron chi connectivity index (χ0n) is 11.0. The van der Waals surface area contributed by atoms with Crippen molar-refractivity contribution in [2.45, 2.75) is 9.79 Å². The van der Waals surface area contributed by atoms with Crippen LogP contribution < -0.4 is 0 Å². The largest absolute Gasteiger partial charge is 0.464 e. The lowest BCUT2D eigenvalue weighted by Crippen LogP contribution is -2.09. The summed E-state index contributed by atoms with van der Waals surface area (Å²) < 4.78 is 5.20. The number of hydrogen-bond acceptors (Lipinski definition) is 4. The van der Waals surface area contributed by atoms with Gasteiger partial charge in [-0.3, -0.25) is 4.79 Å². The molecule has 0 amide bonds. The first-order chi connectivity index (χ1) is 9.84. The third-order valence-electron chi connectivity index (χ3n) is 2.46. The number of benzene rings is 2. The first-order valence-electron chi connectivity index (χ1n) is 6.36. The number of rotatable bonds is 7. The Morgan fingerprint density at radius 3 is 2.00 bits per heavy atom. The van der Waals surface area contributed by atoms with Gasteiger partial charge in [-0.05, 0) is 24.3 Å². The second-order valence-electron chi connectivity index (χ2n) is 3.98. The quantitative estimate of drug-likeness (QED) is 0.437. The van der Waals surface area contributed by atoms with E-state index in [1.54, 1.807) is 11.8 Å². The minimum Gasteiger partial charge on any atom is -0.464 e. The van der Waals surface area contributed by atoms with E-state index >= 15 is 0 Å². The molecule has 2 aromatic rings. The van der Waals surface area contributed by atoms with Crippen LogP contribution in [0.3, 0.4) is 0 Å². The lowest BCUT2D eigenvalue weighted by molar-refractivity contribution is -0.139. The molecule has 0 aliphatic rings. The highest BCUT2D eigenvalue weighted by Gasteiger charge is 2.04. The number of carbonyl (C=O) groups is 1. The van der Waals surface area contributed by atoms with Crippen molar-refractivity contribution in [1.29, 1.82) is 0 Å². The van der Waals surface area contributed by atoms with Gasteiger partial charge >= 0.3 is 5.97 Å². The van der Waals surface area contributed by atoms with Crippen LogP contribution in [0.15, 0.2) is 70.5 Å².